The average Bonchev–Trinajstić information content (AvgIpc) is 3.49. The van der Waals surface area contributed by atoms with Crippen molar-refractivity contribution in [2.24, 2.45) is 7.05 Å². The van der Waals surface area contributed by atoms with Gasteiger partial charge in [0.2, 0.25) is 0 Å². The van der Waals surface area contributed by atoms with Gasteiger partial charge in [-0.25, -0.2) is 9.50 Å². The van der Waals surface area contributed by atoms with E-state index >= 15 is 0 Å². The van der Waals surface area contributed by atoms with Gasteiger partial charge in [-0.15, -0.1) is 0 Å². The predicted molar refractivity (Wildman–Crippen MR) is 155 cm³/mol. The number of hydrogen-bond acceptors (Lipinski definition) is 6. The van der Waals surface area contributed by atoms with E-state index in [-0.39, 0.29) is 11.5 Å². The van der Waals surface area contributed by atoms with E-state index in [1.54, 1.807) is 53.9 Å². The second-order valence-electron chi connectivity index (χ2n) is 9.72. The van der Waals surface area contributed by atoms with Crippen molar-refractivity contribution < 1.29 is 4.79 Å². The van der Waals surface area contributed by atoms with Crippen molar-refractivity contribution in [2.45, 2.75) is 26.8 Å². The van der Waals surface area contributed by atoms with Crippen LogP contribution in [0.1, 0.15) is 51.7 Å². The lowest BCUT2D eigenvalue weighted by Gasteiger charge is -2.20. The number of para-hydroxylation sites is 1. The average molecular weight is 543 g/mol. The van der Waals surface area contributed by atoms with Crippen molar-refractivity contribution in [3.63, 3.8) is 0 Å². The molecule has 0 unspecified atom stereocenters. The third-order valence-corrected chi connectivity index (χ3v) is 7.08. The summed E-state index contributed by atoms with van der Waals surface area (Å²) in [6.07, 6.45) is 6.61. The molecule has 1 atom stereocenters. The summed E-state index contributed by atoms with van der Waals surface area (Å²) in [5.74, 6) is 6.36. The Kier molecular flexibility index (Phi) is 6.40. The smallest absolute Gasteiger partial charge is 0.267 e. The number of rotatable bonds is 4. The van der Waals surface area contributed by atoms with E-state index in [4.69, 9.17) is 4.98 Å². The first-order valence-electron chi connectivity index (χ1n) is 13.0. The highest BCUT2D eigenvalue weighted by atomic mass is 16.2. The summed E-state index contributed by atoms with van der Waals surface area (Å²) in [4.78, 5) is 36.7. The van der Waals surface area contributed by atoms with Gasteiger partial charge in [0.05, 0.1) is 63.1 Å². The largest absolute Gasteiger partial charge is 0.342 e. The van der Waals surface area contributed by atoms with E-state index < -0.39 is 6.04 Å². The van der Waals surface area contributed by atoms with Gasteiger partial charge < -0.3 is 5.32 Å². The van der Waals surface area contributed by atoms with Crippen LogP contribution >= 0.6 is 0 Å². The molecule has 0 fully saturated rings. The number of aryl methyl sites for hydroxylation is 2. The van der Waals surface area contributed by atoms with Crippen molar-refractivity contribution in [3.8, 4) is 17.5 Å². The Bertz CT molecular complexity index is 2080. The van der Waals surface area contributed by atoms with Gasteiger partial charge in [-0.2, -0.15) is 10.2 Å². The molecule has 4 heterocycles. The standard InChI is InChI=1S/C31H26N8O2/c1-19-27(26-18-32-15-16-38(26)36-19)30(40)34-20(2)29-35-25-12-8-9-22(13-14-23-17-33-37(4)21(23)3)28(25)31(41)39(29)24-10-6-5-7-11-24/h5-12,15-18,20H,1-4H3,(H,34,40)/t20-/m0/s1. The quantitative estimate of drug-likeness (QED) is 0.340. The Morgan fingerprint density at radius 2 is 1.78 bits per heavy atom. The van der Waals surface area contributed by atoms with Crippen LogP contribution in [0.5, 0.6) is 0 Å². The Morgan fingerprint density at radius 1 is 1.00 bits per heavy atom. The summed E-state index contributed by atoms with van der Waals surface area (Å²) in [5.41, 5.74) is 4.70. The van der Waals surface area contributed by atoms with Gasteiger partial charge in [0.25, 0.3) is 11.5 Å². The summed E-state index contributed by atoms with van der Waals surface area (Å²) >= 11 is 0. The Labute approximate surface area is 235 Å². The number of nitrogens with one attached hydrogen (secondary N) is 1. The Morgan fingerprint density at radius 3 is 2.54 bits per heavy atom. The summed E-state index contributed by atoms with van der Waals surface area (Å²) in [6, 6.07) is 14.0. The number of carbonyl (C=O) groups is 1. The third kappa shape index (κ3) is 4.53. The maximum absolute atomic E-state index is 14.2. The van der Waals surface area contributed by atoms with Crippen LogP contribution in [-0.2, 0) is 7.05 Å². The predicted octanol–water partition coefficient (Wildman–Crippen LogP) is 3.67. The fourth-order valence-corrected chi connectivity index (χ4v) is 4.86. The highest BCUT2D eigenvalue weighted by molar-refractivity contribution is 6.02. The number of benzene rings is 2. The van der Waals surface area contributed by atoms with E-state index in [9.17, 15) is 9.59 Å². The zero-order chi connectivity index (χ0) is 28.7. The molecule has 10 heteroatoms. The van der Waals surface area contributed by atoms with Gasteiger partial charge >= 0.3 is 0 Å². The first-order chi connectivity index (χ1) is 19.8. The molecule has 6 rings (SSSR count). The molecule has 1 N–H and O–H groups in total. The molecule has 10 nitrogen and oxygen atoms in total. The minimum absolute atomic E-state index is 0.276. The van der Waals surface area contributed by atoms with Crippen LogP contribution in [0, 0.1) is 25.7 Å². The van der Waals surface area contributed by atoms with Gasteiger partial charge in [-0.3, -0.25) is 23.8 Å². The molecular formula is C31H26N8O2. The topological polar surface area (TPSA) is 112 Å². The zero-order valence-electron chi connectivity index (χ0n) is 23.0. The zero-order valence-corrected chi connectivity index (χ0v) is 23.0. The van der Waals surface area contributed by atoms with Crippen LogP contribution < -0.4 is 10.9 Å². The van der Waals surface area contributed by atoms with E-state index in [0.29, 0.717) is 44.8 Å². The lowest BCUT2D eigenvalue weighted by Crippen LogP contribution is -2.33. The first-order valence-corrected chi connectivity index (χ1v) is 13.0. The fraction of sp³-hybridized carbons (Fsp3) is 0.161. The summed E-state index contributed by atoms with van der Waals surface area (Å²) in [6.45, 7) is 5.52. The highest BCUT2D eigenvalue weighted by Gasteiger charge is 2.24. The van der Waals surface area contributed by atoms with Crippen molar-refractivity contribution >= 4 is 22.3 Å². The maximum Gasteiger partial charge on any atom is 0.267 e. The number of amides is 1. The minimum atomic E-state index is -0.626. The van der Waals surface area contributed by atoms with Gasteiger partial charge in [0.1, 0.15) is 5.82 Å². The molecule has 202 valence electrons. The summed E-state index contributed by atoms with van der Waals surface area (Å²) < 4.78 is 4.91. The molecule has 0 saturated carbocycles. The number of hydrogen-bond donors (Lipinski definition) is 1. The normalized spacial score (nSPS) is 11.8. The van der Waals surface area contributed by atoms with Gasteiger partial charge in [0.15, 0.2) is 0 Å². The number of fused-ring (bicyclic) bond motifs is 2. The molecule has 1 amide bonds. The second-order valence-corrected chi connectivity index (χ2v) is 9.72. The fourth-order valence-electron chi connectivity index (χ4n) is 4.86. The maximum atomic E-state index is 14.2. The molecular weight excluding hydrogens is 516 g/mol. The molecule has 0 aliphatic rings. The molecule has 4 aromatic heterocycles. The molecule has 0 radical (unpaired) electrons. The van der Waals surface area contributed by atoms with Crippen LogP contribution in [0.15, 0.2) is 78.1 Å². The number of aromatic nitrogens is 7. The monoisotopic (exact) mass is 542 g/mol. The molecule has 0 saturated heterocycles. The van der Waals surface area contributed by atoms with Crippen LogP contribution in [-0.4, -0.2) is 39.8 Å². The van der Waals surface area contributed by atoms with Gasteiger partial charge in [0, 0.05) is 25.0 Å². The van der Waals surface area contributed by atoms with Crippen molar-refractivity contribution in [1.82, 2.24) is 39.2 Å². The minimum Gasteiger partial charge on any atom is -0.342 e. The first kappa shape index (κ1) is 25.7. The van der Waals surface area contributed by atoms with Crippen molar-refractivity contribution in [2.75, 3.05) is 0 Å². The molecule has 6 aromatic rings. The van der Waals surface area contributed by atoms with E-state index in [2.05, 4.69) is 32.3 Å². The van der Waals surface area contributed by atoms with Gasteiger partial charge in [-0.1, -0.05) is 36.1 Å². The molecule has 0 spiro atoms. The summed E-state index contributed by atoms with van der Waals surface area (Å²) in [7, 11) is 1.86. The lowest BCUT2D eigenvalue weighted by molar-refractivity contribution is 0.0939. The molecule has 2 aromatic carbocycles. The van der Waals surface area contributed by atoms with Crippen molar-refractivity contribution in [3.05, 3.63) is 118 Å². The van der Waals surface area contributed by atoms with Crippen LogP contribution in [0.2, 0.25) is 0 Å². The Hall–Kier alpha value is -5.56. The van der Waals surface area contributed by atoms with E-state index in [0.717, 1.165) is 11.3 Å². The van der Waals surface area contributed by atoms with Crippen LogP contribution in [0.4, 0.5) is 0 Å². The van der Waals surface area contributed by atoms with E-state index in [1.807, 2.05) is 56.4 Å². The second kappa shape index (κ2) is 10.2. The lowest BCUT2D eigenvalue weighted by atomic mass is 10.1. The Balaban J connectivity index is 1.48. The van der Waals surface area contributed by atoms with Gasteiger partial charge in [-0.05, 0) is 45.0 Å². The molecule has 0 aliphatic carbocycles. The molecule has 0 aliphatic heterocycles. The van der Waals surface area contributed by atoms with Crippen LogP contribution in [0.25, 0.3) is 22.1 Å². The SMILES string of the molecule is Cc1nn2ccncc2c1C(=O)N[C@@H](C)c1nc2cccc(C#Cc3cnn(C)c3C)c2c(=O)n1-c1ccccc1. The number of nitrogens with zero attached hydrogens (tertiary/aromatic N) is 7. The van der Waals surface area contributed by atoms with Crippen molar-refractivity contribution in [1.29, 1.82) is 0 Å². The molecule has 0 bridgehead atoms. The third-order valence-electron chi connectivity index (χ3n) is 7.08. The van der Waals surface area contributed by atoms with Crippen LogP contribution in [0.3, 0.4) is 0 Å². The summed E-state index contributed by atoms with van der Waals surface area (Å²) in [5, 5.41) is 12.1. The molecule has 41 heavy (non-hydrogen) atoms. The number of carbonyl (C=O) groups excluding carboxylic acids is 1. The van der Waals surface area contributed by atoms with E-state index in [1.165, 1.54) is 4.57 Å². The highest BCUT2D eigenvalue weighted by Crippen LogP contribution is 2.22.